The Morgan fingerprint density at radius 1 is 1.33 bits per heavy atom. The molecular formula is C8H13BrF3NOS. The van der Waals surface area contributed by atoms with Crippen LogP contribution in [0.15, 0.2) is 0 Å². The van der Waals surface area contributed by atoms with Crippen LogP contribution >= 0.6 is 27.7 Å². The zero-order valence-corrected chi connectivity index (χ0v) is 10.5. The molecule has 0 fully saturated rings. The first-order valence-electron chi connectivity index (χ1n) is 4.49. The zero-order chi connectivity index (χ0) is 11.7. The van der Waals surface area contributed by atoms with Crippen molar-refractivity contribution in [3.8, 4) is 0 Å². The van der Waals surface area contributed by atoms with Gasteiger partial charge in [-0.15, -0.1) is 0 Å². The van der Waals surface area contributed by atoms with Crippen LogP contribution in [0, 0.1) is 0 Å². The van der Waals surface area contributed by atoms with Crippen LogP contribution in [0.4, 0.5) is 13.2 Å². The van der Waals surface area contributed by atoms with Crippen molar-refractivity contribution in [3.05, 3.63) is 0 Å². The van der Waals surface area contributed by atoms with Gasteiger partial charge in [0.25, 0.3) is 0 Å². The second-order valence-corrected chi connectivity index (χ2v) is 4.74. The molecule has 0 aliphatic carbocycles. The van der Waals surface area contributed by atoms with Crippen molar-refractivity contribution in [2.45, 2.75) is 24.8 Å². The normalized spacial score (nSPS) is 11.5. The van der Waals surface area contributed by atoms with E-state index in [1.54, 1.807) is 0 Å². The van der Waals surface area contributed by atoms with Crippen LogP contribution in [0.1, 0.15) is 19.3 Å². The van der Waals surface area contributed by atoms with Crippen LogP contribution < -0.4 is 5.32 Å². The van der Waals surface area contributed by atoms with Crippen LogP contribution in [-0.2, 0) is 4.79 Å². The second-order valence-electron chi connectivity index (χ2n) is 2.79. The van der Waals surface area contributed by atoms with E-state index in [2.05, 4.69) is 21.2 Å². The maximum absolute atomic E-state index is 11.7. The Labute approximate surface area is 99.5 Å². The molecule has 15 heavy (non-hydrogen) atoms. The molecule has 0 aliphatic heterocycles. The molecule has 0 aromatic carbocycles. The van der Waals surface area contributed by atoms with E-state index in [0.29, 0.717) is 6.42 Å². The van der Waals surface area contributed by atoms with Gasteiger partial charge in [-0.3, -0.25) is 4.79 Å². The van der Waals surface area contributed by atoms with E-state index in [4.69, 9.17) is 0 Å². The lowest BCUT2D eigenvalue weighted by Crippen LogP contribution is -2.26. The van der Waals surface area contributed by atoms with E-state index < -0.39 is 5.51 Å². The largest absolute Gasteiger partial charge is 0.441 e. The van der Waals surface area contributed by atoms with Gasteiger partial charge in [-0.2, -0.15) is 13.2 Å². The summed E-state index contributed by atoms with van der Waals surface area (Å²) < 4.78 is 35.0. The summed E-state index contributed by atoms with van der Waals surface area (Å²) >= 11 is 3.11. The smallest absolute Gasteiger partial charge is 0.355 e. The minimum absolute atomic E-state index is 0.0668. The van der Waals surface area contributed by atoms with Gasteiger partial charge in [0, 0.05) is 24.0 Å². The summed E-state index contributed by atoms with van der Waals surface area (Å²) in [6, 6.07) is 0. The van der Waals surface area contributed by atoms with Crippen LogP contribution in [0.5, 0.6) is 0 Å². The van der Waals surface area contributed by atoms with Crippen molar-refractivity contribution < 1.29 is 18.0 Å². The highest BCUT2D eigenvalue weighted by Gasteiger charge is 2.27. The fourth-order valence-electron chi connectivity index (χ4n) is 0.826. The zero-order valence-electron chi connectivity index (χ0n) is 8.07. The van der Waals surface area contributed by atoms with Gasteiger partial charge >= 0.3 is 5.51 Å². The monoisotopic (exact) mass is 307 g/mol. The SMILES string of the molecule is O=C(CCCCBr)NCCSC(F)(F)F. The lowest BCUT2D eigenvalue weighted by Gasteiger charge is -2.06. The van der Waals surface area contributed by atoms with Crippen LogP contribution in [-0.4, -0.2) is 29.0 Å². The van der Waals surface area contributed by atoms with E-state index in [1.165, 1.54) is 0 Å². The molecule has 0 radical (unpaired) electrons. The molecule has 90 valence electrons. The highest BCUT2D eigenvalue weighted by molar-refractivity contribution is 9.09. The first-order valence-corrected chi connectivity index (χ1v) is 6.60. The maximum Gasteiger partial charge on any atom is 0.441 e. The maximum atomic E-state index is 11.7. The summed E-state index contributed by atoms with van der Waals surface area (Å²) in [5.74, 6) is -0.313. The molecule has 1 amide bonds. The quantitative estimate of drug-likeness (QED) is 0.579. The average Bonchev–Trinajstić information content (AvgIpc) is 2.11. The van der Waals surface area contributed by atoms with E-state index in [0.717, 1.165) is 18.2 Å². The minimum atomic E-state index is -4.21. The number of rotatable bonds is 7. The van der Waals surface area contributed by atoms with Gasteiger partial charge in [-0.25, -0.2) is 0 Å². The highest BCUT2D eigenvalue weighted by atomic mass is 79.9. The summed E-state index contributed by atoms with van der Waals surface area (Å²) in [5, 5.41) is 3.28. The molecule has 0 heterocycles. The molecule has 0 unspecified atom stereocenters. The topological polar surface area (TPSA) is 29.1 Å². The summed E-state index contributed by atoms with van der Waals surface area (Å²) in [6.07, 6.45) is 2.02. The third-order valence-electron chi connectivity index (χ3n) is 1.48. The van der Waals surface area contributed by atoms with Gasteiger partial charge < -0.3 is 5.32 Å². The second kappa shape index (κ2) is 8.27. The number of carbonyl (C=O) groups is 1. The summed E-state index contributed by atoms with van der Waals surface area (Å²) in [6.45, 7) is 0.0668. The summed E-state index contributed by atoms with van der Waals surface area (Å²) in [7, 11) is 0. The average molecular weight is 308 g/mol. The lowest BCUT2D eigenvalue weighted by atomic mass is 10.2. The molecule has 0 bridgehead atoms. The molecule has 0 spiro atoms. The standard InChI is InChI=1S/C8H13BrF3NOS/c9-4-2-1-3-7(14)13-5-6-15-8(10,11)12/h1-6H2,(H,13,14). The number of thioether (sulfide) groups is 1. The molecule has 0 aromatic rings. The van der Waals surface area contributed by atoms with Crippen LogP contribution in [0.25, 0.3) is 0 Å². The molecule has 0 rings (SSSR count). The van der Waals surface area contributed by atoms with E-state index in [1.807, 2.05) is 0 Å². The Morgan fingerprint density at radius 3 is 2.53 bits per heavy atom. The predicted molar refractivity (Wildman–Crippen MR) is 59.2 cm³/mol. The number of halogens is 4. The molecule has 2 nitrogen and oxygen atoms in total. The fourth-order valence-corrected chi connectivity index (χ4v) is 1.66. The first kappa shape index (κ1) is 15.1. The highest BCUT2D eigenvalue weighted by Crippen LogP contribution is 2.29. The van der Waals surface area contributed by atoms with Gasteiger partial charge in [0.05, 0.1) is 0 Å². The van der Waals surface area contributed by atoms with E-state index >= 15 is 0 Å². The molecule has 0 saturated heterocycles. The fraction of sp³-hybridized carbons (Fsp3) is 0.875. The van der Waals surface area contributed by atoms with Crippen LogP contribution in [0.3, 0.4) is 0 Å². The molecule has 1 N–H and O–H groups in total. The van der Waals surface area contributed by atoms with Gasteiger partial charge in [-0.1, -0.05) is 15.9 Å². The van der Waals surface area contributed by atoms with Gasteiger partial charge in [0.1, 0.15) is 0 Å². The number of nitrogens with one attached hydrogen (secondary N) is 1. The van der Waals surface area contributed by atoms with Crippen molar-refractivity contribution in [1.29, 1.82) is 0 Å². The number of carbonyl (C=O) groups excluding carboxylic acids is 1. The van der Waals surface area contributed by atoms with Gasteiger partial charge in [0.2, 0.25) is 5.91 Å². The van der Waals surface area contributed by atoms with Crippen molar-refractivity contribution in [2.24, 2.45) is 0 Å². The molecular weight excluding hydrogens is 295 g/mol. The van der Waals surface area contributed by atoms with Gasteiger partial charge in [0.15, 0.2) is 0 Å². The number of unbranched alkanes of at least 4 members (excludes halogenated alkanes) is 1. The Bertz CT molecular complexity index is 189. The molecule has 7 heteroatoms. The van der Waals surface area contributed by atoms with Gasteiger partial charge in [-0.05, 0) is 24.6 Å². The van der Waals surface area contributed by atoms with E-state index in [9.17, 15) is 18.0 Å². The van der Waals surface area contributed by atoms with Crippen molar-refractivity contribution >= 4 is 33.6 Å². The number of hydrogen-bond donors (Lipinski definition) is 1. The third kappa shape index (κ3) is 12.0. The number of amides is 1. The summed E-state index contributed by atoms with van der Waals surface area (Å²) in [5.41, 5.74) is -4.21. The lowest BCUT2D eigenvalue weighted by molar-refractivity contribution is -0.121. The van der Waals surface area contributed by atoms with Crippen LogP contribution in [0.2, 0.25) is 0 Å². The Morgan fingerprint density at radius 2 is 2.00 bits per heavy atom. The molecule has 0 atom stereocenters. The Kier molecular flexibility index (Phi) is 8.32. The Hall–Kier alpha value is 0.0900. The predicted octanol–water partition coefficient (Wildman–Crippen LogP) is 2.92. The van der Waals surface area contributed by atoms with E-state index in [-0.39, 0.29) is 30.0 Å². The molecule has 0 aromatic heterocycles. The third-order valence-corrected chi connectivity index (χ3v) is 2.77. The minimum Gasteiger partial charge on any atom is -0.355 e. The van der Waals surface area contributed by atoms with Crippen molar-refractivity contribution in [1.82, 2.24) is 5.32 Å². The summed E-state index contributed by atoms with van der Waals surface area (Å²) in [4.78, 5) is 11.0. The first-order chi connectivity index (χ1) is 6.95. The molecule has 0 saturated carbocycles. The number of hydrogen-bond acceptors (Lipinski definition) is 2. The van der Waals surface area contributed by atoms with Crippen molar-refractivity contribution in [3.63, 3.8) is 0 Å². The molecule has 0 aliphatic rings. The number of alkyl halides is 4. The Balaban J connectivity index is 3.32. The van der Waals surface area contributed by atoms with Crippen molar-refractivity contribution in [2.75, 3.05) is 17.6 Å².